The van der Waals surface area contributed by atoms with Crippen LogP contribution in [0.5, 0.6) is 11.5 Å². The van der Waals surface area contributed by atoms with Gasteiger partial charge in [0.05, 0.1) is 25.9 Å². The van der Waals surface area contributed by atoms with Gasteiger partial charge in [-0.25, -0.2) is 13.8 Å². The lowest BCUT2D eigenvalue weighted by Crippen LogP contribution is -2.38. The molecule has 0 spiro atoms. The number of hydrogen-bond acceptors (Lipinski definition) is 10. The van der Waals surface area contributed by atoms with E-state index in [1.807, 2.05) is 0 Å². The Balaban J connectivity index is 1.36. The maximum absolute atomic E-state index is 14.0. The predicted octanol–water partition coefficient (Wildman–Crippen LogP) is 4.60. The van der Waals surface area contributed by atoms with Crippen molar-refractivity contribution in [2.24, 2.45) is 5.73 Å². The Labute approximate surface area is 262 Å². The number of ether oxygens (including phenoxy) is 4. The standard InChI is InChI=1S/C31H36F4N4O7/c1-19(36)28-27(29(41)37-18-21-5-7-22(32)17-23(21)33)38-30(46-28)20-6-8-24(45-31(34)35)25(16-20)43-12-3-2-4-26(40)44-15-11-39-9-13-42-14-10-39/h5-8,16-17,19,31H,2-4,9-15,18,36H2,1H3,(H,37,41)/t19-/m0/s1. The molecule has 3 N–H and O–H groups in total. The van der Waals surface area contributed by atoms with Gasteiger partial charge in [-0.15, -0.1) is 0 Å². The molecule has 0 unspecified atom stereocenters. The third kappa shape index (κ3) is 10.2. The molecule has 1 aliphatic rings. The topological polar surface area (TPSA) is 138 Å². The number of benzene rings is 2. The lowest BCUT2D eigenvalue weighted by atomic mass is 10.2. The van der Waals surface area contributed by atoms with Crippen molar-refractivity contribution in [2.45, 2.75) is 45.4 Å². The molecule has 1 aromatic heterocycles. The summed E-state index contributed by atoms with van der Waals surface area (Å²) < 4.78 is 80.0. The van der Waals surface area contributed by atoms with Gasteiger partial charge in [-0.3, -0.25) is 14.5 Å². The summed E-state index contributed by atoms with van der Waals surface area (Å²) >= 11 is 0. The number of amides is 1. The smallest absolute Gasteiger partial charge is 0.387 e. The van der Waals surface area contributed by atoms with Gasteiger partial charge in [0.25, 0.3) is 5.91 Å². The van der Waals surface area contributed by atoms with Crippen molar-refractivity contribution < 1.29 is 50.5 Å². The van der Waals surface area contributed by atoms with Gasteiger partial charge in [-0.2, -0.15) is 8.78 Å². The van der Waals surface area contributed by atoms with Crippen LogP contribution in [0.3, 0.4) is 0 Å². The molecular formula is C31H36F4N4O7. The van der Waals surface area contributed by atoms with Crippen LogP contribution in [-0.4, -0.2) is 74.4 Å². The van der Waals surface area contributed by atoms with Gasteiger partial charge in [-0.05, 0) is 44.0 Å². The van der Waals surface area contributed by atoms with Crippen LogP contribution in [0.25, 0.3) is 11.5 Å². The molecule has 0 radical (unpaired) electrons. The van der Waals surface area contributed by atoms with Crippen molar-refractivity contribution in [2.75, 3.05) is 46.1 Å². The Morgan fingerprint density at radius 3 is 2.57 bits per heavy atom. The number of rotatable bonds is 16. The number of nitrogens with zero attached hydrogens (tertiary/aromatic N) is 2. The predicted molar refractivity (Wildman–Crippen MR) is 156 cm³/mol. The molecule has 1 saturated heterocycles. The number of carbonyl (C=O) groups excluding carboxylic acids is 2. The second-order valence-electron chi connectivity index (χ2n) is 10.5. The first-order valence-corrected chi connectivity index (χ1v) is 14.8. The minimum atomic E-state index is -3.12. The number of esters is 1. The molecule has 46 heavy (non-hydrogen) atoms. The van der Waals surface area contributed by atoms with E-state index in [4.69, 9.17) is 24.4 Å². The summed E-state index contributed by atoms with van der Waals surface area (Å²) in [5.41, 5.74) is 6.15. The van der Waals surface area contributed by atoms with Gasteiger partial charge in [0.2, 0.25) is 5.89 Å². The molecule has 15 heteroatoms. The number of nitrogens with two attached hydrogens (primary N) is 1. The van der Waals surface area contributed by atoms with Crippen LogP contribution in [0, 0.1) is 11.6 Å². The lowest BCUT2D eigenvalue weighted by molar-refractivity contribution is -0.144. The zero-order valence-corrected chi connectivity index (χ0v) is 25.2. The SMILES string of the molecule is C[C@H](N)c1oc(-c2ccc(OC(F)F)c(OCCCCC(=O)OCCN3CCOCC3)c2)nc1C(=O)NCc1ccc(F)cc1F. The van der Waals surface area contributed by atoms with Gasteiger partial charge in [0, 0.05) is 49.8 Å². The summed E-state index contributed by atoms with van der Waals surface area (Å²) in [6, 6.07) is 6.20. The van der Waals surface area contributed by atoms with E-state index >= 15 is 0 Å². The van der Waals surface area contributed by atoms with E-state index < -0.39 is 30.2 Å². The Morgan fingerprint density at radius 1 is 1.07 bits per heavy atom. The Kier molecular flexibility index (Phi) is 12.7. The highest BCUT2D eigenvalue weighted by atomic mass is 19.3. The summed E-state index contributed by atoms with van der Waals surface area (Å²) in [7, 11) is 0. The molecular weight excluding hydrogens is 616 g/mol. The van der Waals surface area contributed by atoms with Gasteiger partial charge < -0.3 is 34.4 Å². The average Bonchev–Trinajstić information content (AvgIpc) is 3.48. The first-order chi connectivity index (χ1) is 22.1. The monoisotopic (exact) mass is 652 g/mol. The Hall–Kier alpha value is -4.21. The Bertz CT molecular complexity index is 1460. The van der Waals surface area contributed by atoms with Gasteiger partial charge in [0.1, 0.15) is 18.2 Å². The summed E-state index contributed by atoms with van der Waals surface area (Å²) in [6.07, 6.45) is 1.03. The number of aromatic nitrogens is 1. The zero-order chi connectivity index (χ0) is 33.1. The molecule has 1 fully saturated rings. The molecule has 11 nitrogen and oxygen atoms in total. The van der Waals surface area contributed by atoms with Gasteiger partial charge in [0.15, 0.2) is 23.0 Å². The van der Waals surface area contributed by atoms with Crippen LogP contribution in [0.15, 0.2) is 40.8 Å². The Morgan fingerprint density at radius 2 is 1.85 bits per heavy atom. The number of alkyl halides is 2. The number of hydrogen-bond donors (Lipinski definition) is 2. The van der Waals surface area contributed by atoms with E-state index in [1.54, 1.807) is 6.92 Å². The van der Waals surface area contributed by atoms with E-state index in [2.05, 4.69) is 19.9 Å². The maximum atomic E-state index is 14.0. The molecule has 1 amide bonds. The van der Waals surface area contributed by atoms with E-state index in [0.717, 1.165) is 19.2 Å². The lowest BCUT2D eigenvalue weighted by Gasteiger charge is -2.26. The van der Waals surface area contributed by atoms with Crippen molar-refractivity contribution in [3.05, 3.63) is 65.1 Å². The number of oxazole rings is 1. The summed E-state index contributed by atoms with van der Waals surface area (Å²) in [6.45, 7) is 2.12. The largest absolute Gasteiger partial charge is 0.490 e. The van der Waals surface area contributed by atoms with E-state index in [0.29, 0.717) is 38.7 Å². The molecule has 4 rings (SSSR count). The van der Waals surface area contributed by atoms with E-state index in [-0.39, 0.29) is 72.1 Å². The van der Waals surface area contributed by atoms with E-state index in [1.165, 1.54) is 24.3 Å². The van der Waals surface area contributed by atoms with Gasteiger partial charge >= 0.3 is 12.6 Å². The van der Waals surface area contributed by atoms with Crippen LogP contribution >= 0.6 is 0 Å². The first kappa shape index (κ1) is 34.7. The molecule has 250 valence electrons. The van der Waals surface area contributed by atoms with Crippen molar-refractivity contribution in [1.82, 2.24) is 15.2 Å². The number of unbranched alkanes of at least 4 members (excludes halogenated alkanes) is 1. The highest BCUT2D eigenvalue weighted by Crippen LogP contribution is 2.35. The third-order valence-corrected chi connectivity index (χ3v) is 6.95. The van der Waals surface area contributed by atoms with Crippen molar-refractivity contribution >= 4 is 11.9 Å². The molecule has 2 heterocycles. The highest BCUT2D eigenvalue weighted by molar-refractivity contribution is 5.94. The van der Waals surface area contributed by atoms with Crippen molar-refractivity contribution in [3.63, 3.8) is 0 Å². The fraction of sp³-hybridized carbons (Fsp3) is 0.452. The number of halogens is 4. The fourth-order valence-corrected chi connectivity index (χ4v) is 4.54. The molecule has 1 aliphatic heterocycles. The minimum Gasteiger partial charge on any atom is -0.490 e. The van der Waals surface area contributed by atoms with Crippen molar-refractivity contribution in [1.29, 1.82) is 0 Å². The molecule has 0 saturated carbocycles. The molecule has 2 aromatic carbocycles. The number of carbonyl (C=O) groups is 2. The second-order valence-corrected chi connectivity index (χ2v) is 10.5. The van der Waals surface area contributed by atoms with E-state index in [9.17, 15) is 27.2 Å². The van der Waals surface area contributed by atoms with Crippen LogP contribution in [0.2, 0.25) is 0 Å². The van der Waals surface area contributed by atoms with Crippen LogP contribution in [-0.2, 0) is 20.8 Å². The normalized spacial score (nSPS) is 14.2. The molecule has 0 bridgehead atoms. The van der Waals surface area contributed by atoms with Gasteiger partial charge in [-0.1, -0.05) is 6.07 Å². The summed E-state index contributed by atoms with van der Waals surface area (Å²) in [5.74, 6) is -2.95. The minimum absolute atomic E-state index is 0.0271. The third-order valence-electron chi connectivity index (χ3n) is 6.95. The van der Waals surface area contributed by atoms with Crippen LogP contribution in [0.1, 0.15) is 54.0 Å². The quantitative estimate of drug-likeness (QED) is 0.128. The van der Waals surface area contributed by atoms with Crippen molar-refractivity contribution in [3.8, 4) is 23.0 Å². The zero-order valence-electron chi connectivity index (χ0n) is 25.2. The highest BCUT2D eigenvalue weighted by Gasteiger charge is 2.24. The summed E-state index contributed by atoms with van der Waals surface area (Å²) in [4.78, 5) is 31.4. The summed E-state index contributed by atoms with van der Waals surface area (Å²) in [5, 5.41) is 2.50. The number of morpholine rings is 1. The van der Waals surface area contributed by atoms with Crippen LogP contribution in [0.4, 0.5) is 17.6 Å². The second kappa shape index (κ2) is 16.9. The maximum Gasteiger partial charge on any atom is 0.387 e. The molecule has 1 atom stereocenters. The fourth-order valence-electron chi connectivity index (χ4n) is 4.54. The average molecular weight is 653 g/mol. The first-order valence-electron chi connectivity index (χ1n) is 14.8. The van der Waals surface area contributed by atoms with Crippen LogP contribution < -0.4 is 20.5 Å². The molecule has 0 aliphatic carbocycles. The molecule has 3 aromatic rings. The number of nitrogens with one attached hydrogen (secondary N) is 1.